The number of rotatable bonds is 5. The maximum atomic E-state index is 13.7. The van der Waals surface area contributed by atoms with Gasteiger partial charge < -0.3 is 10.5 Å². The van der Waals surface area contributed by atoms with E-state index in [0.29, 0.717) is 30.1 Å². The summed E-state index contributed by atoms with van der Waals surface area (Å²) in [5.74, 6) is -2.58. The summed E-state index contributed by atoms with van der Waals surface area (Å²) in [5, 5.41) is 0. The van der Waals surface area contributed by atoms with Gasteiger partial charge in [0.05, 0.1) is 18.8 Å². The highest BCUT2D eigenvalue weighted by Crippen LogP contribution is 2.27. The molecular weight excluding hydrogens is 281 g/mol. The van der Waals surface area contributed by atoms with E-state index >= 15 is 0 Å². The van der Waals surface area contributed by atoms with Crippen LogP contribution in [0.2, 0.25) is 0 Å². The van der Waals surface area contributed by atoms with E-state index in [1.165, 1.54) is 12.4 Å². The van der Waals surface area contributed by atoms with Crippen molar-refractivity contribution in [2.75, 3.05) is 6.61 Å². The van der Waals surface area contributed by atoms with Crippen molar-refractivity contribution in [3.05, 3.63) is 59.2 Å². The molecule has 2 N–H and O–H groups in total. The summed E-state index contributed by atoms with van der Waals surface area (Å²) in [6.07, 6.45) is 3.70. The van der Waals surface area contributed by atoms with Crippen LogP contribution in [-0.2, 0) is 0 Å². The summed E-state index contributed by atoms with van der Waals surface area (Å²) in [6.45, 7) is 2.45. The average Bonchev–Trinajstić information content (AvgIpc) is 2.44. The molecule has 2 rings (SSSR count). The minimum atomic E-state index is -1.09. The summed E-state index contributed by atoms with van der Waals surface area (Å²) in [4.78, 5) is 3.94. The predicted octanol–water partition coefficient (Wildman–Crippen LogP) is 3.34. The lowest BCUT2D eigenvalue weighted by Gasteiger charge is -2.15. The van der Waals surface area contributed by atoms with Crippen LogP contribution >= 0.6 is 0 Å². The molecule has 2 aromatic rings. The van der Waals surface area contributed by atoms with Crippen LogP contribution in [0.15, 0.2) is 30.6 Å². The molecule has 0 bridgehead atoms. The van der Waals surface area contributed by atoms with Crippen LogP contribution in [0.1, 0.15) is 30.5 Å². The molecule has 1 unspecified atom stereocenters. The molecule has 0 saturated carbocycles. The SMILES string of the molecule is CCCOc1cncc(C(N)c2c(F)cc(F)cc2F)c1. The van der Waals surface area contributed by atoms with Crippen molar-refractivity contribution >= 4 is 0 Å². The van der Waals surface area contributed by atoms with Gasteiger partial charge in [-0.15, -0.1) is 0 Å². The Morgan fingerprint density at radius 1 is 1.14 bits per heavy atom. The van der Waals surface area contributed by atoms with Gasteiger partial charge in [0, 0.05) is 23.9 Å². The molecule has 3 nitrogen and oxygen atoms in total. The van der Waals surface area contributed by atoms with Crippen LogP contribution in [0, 0.1) is 17.5 Å². The van der Waals surface area contributed by atoms with Crippen molar-refractivity contribution in [1.29, 1.82) is 0 Å². The Kier molecular flexibility index (Phi) is 4.80. The lowest BCUT2D eigenvalue weighted by Crippen LogP contribution is -2.16. The summed E-state index contributed by atoms with van der Waals surface area (Å²) < 4.78 is 45.8. The van der Waals surface area contributed by atoms with Gasteiger partial charge in [-0.3, -0.25) is 4.98 Å². The van der Waals surface area contributed by atoms with Gasteiger partial charge in [-0.25, -0.2) is 13.2 Å². The summed E-state index contributed by atoms with van der Waals surface area (Å²) in [5.41, 5.74) is 5.85. The number of hydrogen-bond donors (Lipinski definition) is 1. The Hall–Kier alpha value is -2.08. The first-order valence-electron chi connectivity index (χ1n) is 6.50. The summed E-state index contributed by atoms with van der Waals surface area (Å²) in [7, 11) is 0. The van der Waals surface area contributed by atoms with Crippen LogP contribution in [0.4, 0.5) is 13.2 Å². The lowest BCUT2D eigenvalue weighted by atomic mass is 10.00. The normalized spacial score (nSPS) is 12.2. The van der Waals surface area contributed by atoms with Gasteiger partial charge in [0.1, 0.15) is 23.2 Å². The van der Waals surface area contributed by atoms with Crippen LogP contribution in [0.3, 0.4) is 0 Å². The lowest BCUT2D eigenvalue weighted by molar-refractivity contribution is 0.315. The third kappa shape index (κ3) is 3.52. The number of ether oxygens (including phenoxy) is 1. The zero-order chi connectivity index (χ0) is 15.4. The molecule has 0 amide bonds. The molecule has 1 aromatic carbocycles. The Morgan fingerprint density at radius 2 is 1.81 bits per heavy atom. The number of hydrogen-bond acceptors (Lipinski definition) is 3. The molecule has 0 aliphatic heterocycles. The van der Waals surface area contributed by atoms with E-state index in [1.54, 1.807) is 6.07 Å². The molecule has 21 heavy (non-hydrogen) atoms. The fourth-order valence-electron chi connectivity index (χ4n) is 1.92. The maximum Gasteiger partial charge on any atom is 0.137 e. The molecule has 0 aliphatic carbocycles. The van der Waals surface area contributed by atoms with Crippen molar-refractivity contribution in [2.45, 2.75) is 19.4 Å². The number of benzene rings is 1. The molecular formula is C15H15F3N2O. The van der Waals surface area contributed by atoms with E-state index in [0.717, 1.165) is 6.42 Å². The van der Waals surface area contributed by atoms with Crippen molar-refractivity contribution < 1.29 is 17.9 Å². The molecule has 1 atom stereocenters. The summed E-state index contributed by atoms with van der Waals surface area (Å²) >= 11 is 0. The quantitative estimate of drug-likeness (QED) is 0.920. The average molecular weight is 296 g/mol. The van der Waals surface area contributed by atoms with Gasteiger partial charge in [-0.1, -0.05) is 6.92 Å². The highest BCUT2D eigenvalue weighted by atomic mass is 19.1. The van der Waals surface area contributed by atoms with E-state index in [4.69, 9.17) is 10.5 Å². The van der Waals surface area contributed by atoms with Gasteiger partial charge in [-0.05, 0) is 18.1 Å². The number of nitrogens with two attached hydrogens (primary N) is 1. The van der Waals surface area contributed by atoms with Gasteiger partial charge >= 0.3 is 0 Å². The molecule has 1 heterocycles. The first-order chi connectivity index (χ1) is 10.0. The van der Waals surface area contributed by atoms with E-state index in [1.807, 2.05) is 6.92 Å². The Bertz CT molecular complexity index is 611. The van der Waals surface area contributed by atoms with E-state index < -0.39 is 29.1 Å². The number of halogens is 3. The Balaban J connectivity index is 2.34. The topological polar surface area (TPSA) is 48.1 Å². The molecule has 1 aromatic heterocycles. The fraction of sp³-hybridized carbons (Fsp3) is 0.267. The van der Waals surface area contributed by atoms with E-state index in [-0.39, 0.29) is 0 Å². The zero-order valence-electron chi connectivity index (χ0n) is 11.4. The number of aromatic nitrogens is 1. The second-order valence-electron chi connectivity index (χ2n) is 4.56. The second kappa shape index (κ2) is 6.58. The molecule has 0 fully saturated rings. The van der Waals surface area contributed by atoms with Crippen LogP contribution in [0.5, 0.6) is 5.75 Å². The summed E-state index contributed by atoms with van der Waals surface area (Å²) in [6, 6.07) is 1.67. The zero-order valence-corrected chi connectivity index (χ0v) is 11.4. The third-order valence-electron chi connectivity index (χ3n) is 2.92. The van der Waals surface area contributed by atoms with Crippen molar-refractivity contribution in [3.8, 4) is 5.75 Å². The minimum Gasteiger partial charge on any atom is -0.492 e. The molecule has 6 heteroatoms. The predicted molar refractivity (Wildman–Crippen MR) is 72.4 cm³/mol. The fourth-order valence-corrected chi connectivity index (χ4v) is 1.92. The third-order valence-corrected chi connectivity index (χ3v) is 2.92. The molecule has 112 valence electrons. The van der Waals surface area contributed by atoms with Gasteiger partial charge in [0.25, 0.3) is 0 Å². The largest absolute Gasteiger partial charge is 0.492 e. The first kappa shape index (κ1) is 15.3. The van der Waals surface area contributed by atoms with Crippen molar-refractivity contribution in [3.63, 3.8) is 0 Å². The molecule has 0 spiro atoms. The Labute approximate surface area is 120 Å². The Morgan fingerprint density at radius 3 is 2.43 bits per heavy atom. The van der Waals surface area contributed by atoms with Crippen LogP contribution in [-0.4, -0.2) is 11.6 Å². The maximum absolute atomic E-state index is 13.7. The molecule has 0 saturated heterocycles. The van der Waals surface area contributed by atoms with Crippen molar-refractivity contribution in [1.82, 2.24) is 4.98 Å². The standard InChI is InChI=1S/C15H15F3N2O/c1-2-3-21-11-4-9(7-20-8-11)15(19)14-12(17)5-10(16)6-13(14)18/h4-8,15H,2-3,19H2,1H3. The highest BCUT2D eigenvalue weighted by molar-refractivity contribution is 5.35. The van der Waals surface area contributed by atoms with E-state index in [9.17, 15) is 13.2 Å². The smallest absolute Gasteiger partial charge is 0.137 e. The van der Waals surface area contributed by atoms with E-state index in [2.05, 4.69) is 4.98 Å². The highest BCUT2D eigenvalue weighted by Gasteiger charge is 2.20. The van der Waals surface area contributed by atoms with Gasteiger partial charge in [0.15, 0.2) is 0 Å². The molecule has 0 radical (unpaired) electrons. The van der Waals surface area contributed by atoms with Gasteiger partial charge in [0.2, 0.25) is 0 Å². The van der Waals surface area contributed by atoms with Crippen LogP contribution < -0.4 is 10.5 Å². The minimum absolute atomic E-state index is 0.382. The monoisotopic (exact) mass is 296 g/mol. The second-order valence-corrected chi connectivity index (χ2v) is 4.56. The van der Waals surface area contributed by atoms with Gasteiger partial charge in [-0.2, -0.15) is 0 Å². The number of pyridine rings is 1. The number of nitrogens with zero attached hydrogens (tertiary/aromatic N) is 1. The van der Waals surface area contributed by atoms with Crippen LogP contribution in [0.25, 0.3) is 0 Å². The first-order valence-corrected chi connectivity index (χ1v) is 6.50. The molecule has 0 aliphatic rings. The van der Waals surface area contributed by atoms with Crippen molar-refractivity contribution in [2.24, 2.45) is 5.73 Å².